The summed E-state index contributed by atoms with van der Waals surface area (Å²) in [7, 11) is 3.30. The van der Waals surface area contributed by atoms with Gasteiger partial charge in [0, 0.05) is 32.3 Å². The maximum Gasteiger partial charge on any atom is 0.206 e. The Hall–Kier alpha value is -2.54. The maximum absolute atomic E-state index is 11.6. The van der Waals surface area contributed by atoms with Gasteiger partial charge in [0.2, 0.25) is 6.41 Å². The molecule has 1 N–H and O–H groups in total. The summed E-state index contributed by atoms with van der Waals surface area (Å²) in [4.78, 5) is 29.6. The molecule has 0 saturated heterocycles. The van der Waals surface area contributed by atoms with Gasteiger partial charge in [-0.1, -0.05) is 13.3 Å². The predicted molar refractivity (Wildman–Crippen MR) is 125 cm³/mol. The summed E-state index contributed by atoms with van der Waals surface area (Å²) in [6, 6.07) is 4.42. The number of nitrogens with zero attached hydrogens (tertiary/aromatic N) is 4. The fourth-order valence-electron chi connectivity index (χ4n) is 3.96. The summed E-state index contributed by atoms with van der Waals surface area (Å²) in [5.74, 6) is 0. The summed E-state index contributed by atoms with van der Waals surface area (Å²) in [6.45, 7) is 15.1. The topological polar surface area (TPSA) is 76.3 Å². The SMILES string of the molecule is CCCCn1c(=NC)c(C=O)nc2cc(C)c([N+](CC)(CC)CC)cc21.CNC=O. The zero-order chi connectivity index (χ0) is 22.7. The number of amides is 1. The van der Waals surface area contributed by atoms with E-state index >= 15 is 0 Å². The van der Waals surface area contributed by atoms with Crippen molar-refractivity contribution in [1.29, 1.82) is 0 Å². The molecule has 1 aromatic heterocycles. The summed E-state index contributed by atoms with van der Waals surface area (Å²) in [5.41, 5.74) is 5.62. The van der Waals surface area contributed by atoms with Crippen LogP contribution >= 0.6 is 0 Å². The average molecular weight is 417 g/mol. The standard InChI is InChI=1S/C21H33N4O.C2H5NO/c1-7-11-12-24-19-14-20(25(8-2,9-3)10-4)16(5)13-17(19)23-18(15-26)21(24)22-6;1-3-2-4/h13-15H,7-12H2,1-6H3;2H,1H3,(H,3,4)/q+1;. The van der Waals surface area contributed by atoms with Crippen molar-refractivity contribution in [2.45, 2.75) is 54.0 Å². The highest BCUT2D eigenvalue weighted by Crippen LogP contribution is 2.30. The molecular formula is C23H38N5O2+. The molecule has 0 bridgehead atoms. The second-order valence-corrected chi connectivity index (χ2v) is 7.30. The third-order valence-corrected chi connectivity index (χ3v) is 5.81. The van der Waals surface area contributed by atoms with E-state index in [0.29, 0.717) is 17.6 Å². The minimum absolute atomic E-state index is 0.422. The molecule has 2 rings (SSSR count). The molecule has 0 aliphatic rings. The molecule has 0 radical (unpaired) electrons. The summed E-state index contributed by atoms with van der Waals surface area (Å²) < 4.78 is 3.12. The number of quaternary nitrogens is 1. The molecule has 0 aliphatic carbocycles. The highest BCUT2D eigenvalue weighted by molar-refractivity contribution is 5.84. The van der Waals surface area contributed by atoms with Crippen molar-refractivity contribution in [3.63, 3.8) is 0 Å². The molecule has 1 amide bonds. The Bertz CT molecular complexity index is 906. The Morgan fingerprint density at radius 3 is 2.17 bits per heavy atom. The molecule has 2 aromatic rings. The predicted octanol–water partition coefficient (Wildman–Crippen LogP) is 3.22. The Kier molecular flexibility index (Phi) is 10.4. The van der Waals surface area contributed by atoms with Crippen molar-refractivity contribution in [1.82, 2.24) is 19.4 Å². The lowest BCUT2D eigenvalue weighted by molar-refractivity contribution is -0.109. The number of benzene rings is 1. The smallest absolute Gasteiger partial charge is 0.206 e. The van der Waals surface area contributed by atoms with Crippen molar-refractivity contribution in [2.24, 2.45) is 4.99 Å². The number of aryl methyl sites for hydroxylation is 2. The quantitative estimate of drug-likeness (QED) is 0.504. The van der Waals surface area contributed by atoms with Crippen LogP contribution < -0.4 is 15.3 Å². The van der Waals surface area contributed by atoms with Crippen molar-refractivity contribution < 1.29 is 9.59 Å². The van der Waals surface area contributed by atoms with Crippen LogP contribution in [0.25, 0.3) is 11.0 Å². The first-order chi connectivity index (χ1) is 14.4. The molecule has 166 valence electrons. The zero-order valence-electron chi connectivity index (χ0n) is 19.7. The highest BCUT2D eigenvalue weighted by Gasteiger charge is 2.27. The number of carbonyl (C=O) groups excluding carboxylic acids is 2. The average Bonchev–Trinajstić information content (AvgIpc) is 2.78. The van der Waals surface area contributed by atoms with E-state index < -0.39 is 0 Å². The number of aromatic nitrogens is 2. The minimum Gasteiger partial charge on any atom is -0.362 e. The molecule has 30 heavy (non-hydrogen) atoms. The molecule has 1 aromatic carbocycles. The van der Waals surface area contributed by atoms with E-state index in [1.165, 1.54) is 11.3 Å². The van der Waals surface area contributed by atoms with Crippen LogP contribution in [0, 0.1) is 6.92 Å². The molecule has 0 saturated carbocycles. The van der Waals surface area contributed by atoms with Gasteiger partial charge in [0.25, 0.3) is 0 Å². The zero-order valence-corrected chi connectivity index (χ0v) is 19.7. The monoisotopic (exact) mass is 416 g/mol. The number of unbranched alkanes of at least 4 members (excludes halogenated alkanes) is 1. The molecule has 0 spiro atoms. The van der Waals surface area contributed by atoms with Gasteiger partial charge in [0.05, 0.1) is 30.7 Å². The molecule has 7 nitrogen and oxygen atoms in total. The van der Waals surface area contributed by atoms with E-state index in [9.17, 15) is 4.79 Å². The van der Waals surface area contributed by atoms with Crippen LogP contribution in [0.4, 0.5) is 5.69 Å². The Morgan fingerprint density at radius 1 is 1.13 bits per heavy atom. The van der Waals surface area contributed by atoms with E-state index in [1.807, 2.05) is 0 Å². The van der Waals surface area contributed by atoms with E-state index in [2.05, 4.69) is 66.6 Å². The molecule has 0 aliphatic heterocycles. The number of hydrogen-bond donors (Lipinski definition) is 1. The van der Waals surface area contributed by atoms with Gasteiger partial charge >= 0.3 is 0 Å². The third kappa shape index (κ3) is 5.33. The van der Waals surface area contributed by atoms with Crippen molar-refractivity contribution >= 4 is 29.4 Å². The van der Waals surface area contributed by atoms with E-state index in [4.69, 9.17) is 4.79 Å². The van der Waals surface area contributed by atoms with Gasteiger partial charge < -0.3 is 9.88 Å². The molecule has 7 heteroatoms. The second kappa shape index (κ2) is 12.2. The fourth-order valence-corrected chi connectivity index (χ4v) is 3.96. The lowest BCUT2D eigenvalue weighted by atomic mass is 10.1. The third-order valence-electron chi connectivity index (χ3n) is 5.81. The van der Waals surface area contributed by atoms with Gasteiger partial charge in [-0.05, 0) is 40.2 Å². The number of carbonyl (C=O) groups is 2. The van der Waals surface area contributed by atoms with Gasteiger partial charge in [0.15, 0.2) is 11.8 Å². The summed E-state index contributed by atoms with van der Waals surface area (Å²) >= 11 is 0. The minimum atomic E-state index is 0.422. The Balaban J connectivity index is 0.00000103. The van der Waals surface area contributed by atoms with E-state index in [1.54, 1.807) is 14.1 Å². The van der Waals surface area contributed by atoms with Crippen LogP contribution in [0.5, 0.6) is 0 Å². The van der Waals surface area contributed by atoms with Gasteiger partial charge in [-0.3, -0.25) is 19.1 Å². The van der Waals surface area contributed by atoms with Crippen molar-refractivity contribution in [3.8, 4) is 0 Å². The van der Waals surface area contributed by atoms with Gasteiger partial charge in [-0.2, -0.15) is 0 Å². The number of fused-ring (bicyclic) bond motifs is 1. The van der Waals surface area contributed by atoms with Crippen LogP contribution in [0.2, 0.25) is 0 Å². The van der Waals surface area contributed by atoms with Crippen LogP contribution in [-0.2, 0) is 11.3 Å². The lowest BCUT2D eigenvalue weighted by Gasteiger charge is -2.36. The largest absolute Gasteiger partial charge is 0.362 e. The first-order valence-corrected chi connectivity index (χ1v) is 10.8. The Morgan fingerprint density at radius 2 is 1.73 bits per heavy atom. The van der Waals surface area contributed by atoms with Crippen molar-refractivity contribution in [3.05, 3.63) is 28.9 Å². The normalized spacial score (nSPS) is 11.8. The first kappa shape index (κ1) is 25.5. The number of aldehydes is 1. The molecule has 0 unspecified atom stereocenters. The lowest BCUT2D eigenvalue weighted by Crippen LogP contribution is -2.49. The maximum atomic E-state index is 11.6. The van der Waals surface area contributed by atoms with Crippen LogP contribution in [0.3, 0.4) is 0 Å². The molecular weight excluding hydrogens is 378 g/mol. The number of rotatable bonds is 9. The summed E-state index contributed by atoms with van der Waals surface area (Å²) in [6.07, 6.45) is 3.58. The summed E-state index contributed by atoms with van der Waals surface area (Å²) in [5, 5.41) is 2.25. The van der Waals surface area contributed by atoms with E-state index in [-0.39, 0.29) is 0 Å². The fraction of sp³-hybridized carbons (Fsp3) is 0.565. The number of hydrogen-bond acceptors (Lipinski definition) is 4. The first-order valence-electron chi connectivity index (χ1n) is 10.8. The van der Waals surface area contributed by atoms with Gasteiger partial charge in [-0.15, -0.1) is 0 Å². The molecule has 0 fully saturated rings. The van der Waals surface area contributed by atoms with Crippen LogP contribution in [0.15, 0.2) is 17.1 Å². The van der Waals surface area contributed by atoms with Gasteiger partial charge in [0.1, 0.15) is 11.4 Å². The van der Waals surface area contributed by atoms with E-state index in [0.717, 1.165) is 60.8 Å². The highest BCUT2D eigenvalue weighted by atomic mass is 16.1. The molecule has 1 heterocycles. The number of nitrogens with one attached hydrogen (secondary N) is 1. The van der Waals surface area contributed by atoms with Crippen LogP contribution in [0.1, 0.15) is 56.6 Å². The van der Waals surface area contributed by atoms with Crippen LogP contribution in [-0.4, -0.2) is 56.0 Å². The Labute approximate surface area is 180 Å². The van der Waals surface area contributed by atoms with Crippen molar-refractivity contribution in [2.75, 3.05) is 33.7 Å². The van der Waals surface area contributed by atoms with Gasteiger partial charge in [-0.25, -0.2) is 4.98 Å². The molecule has 0 atom stereocenters. The second-order valence-electron chi connectivity index (χ2n) is 7.30.